The number of anilines is 1. The Morgan fingerprint density at radius 2 is 1.75 bits per heavy atom. The Hall–Kier alpha value is -2.78. The largest absolute Gasteiger partial charge is 0.488 e. The molecule has 32 heavy (non-hydrogen) atoms. The number of rotatable bonds is 3. The molecule has 2 aliphatic rings. The van der Waals surface area contributed by atoms with Crippen LogP contribution in [0, 0.1) is 6.92 Å². The average molecular weight is 446 g/mol. The first-order valence-electron chi connectivity index (χ1n) is 11.2. The number of hydrogen-bond donors (Lipinski definition) is 0. The van der Waals surface area contributed by atoms with Crippen LogP contribution in [-0.4, -0.2) is 11.5 Å². The Morgan fingerprint density at radius 1 is 1.00 bits per heavy atom. The Balaban J connectivity index is 1.58. The first kappa shape index (κ1) is 21.1. The Kier molecular flexibility index (Phi) is 4.86. The Bertz CT molecular complexity index is 1210. The number of aryl methyl sites for hydroxylation is 2. The van der Waals surface area contributed by atoms with Gasteiger partial charge in [-0.2, -0.15) is 0 Å². The molecule has 0 spiro atoms. The summed E-state index contributed by atoms with van der Waals surface area (Å²) in [7, 11) is 0. The van der Waals surface area contributed by atoms with E-state index >= 15 is 0 Å². The number of fused-ring (bicyclic) bond motifs is 2. The van der Waals surface area contributed by atoms with Crippen molar-refractivity contribution in [3.05, 3.63) is 93.5 Å². The smallest absolute Gasteiger partial charge is 0.242 e. The summed E-state index contributed by atoms with van der Waals surface area (Å²) >= 11 is 6.41. The van der Waals surface area contributed by atoms with Gasteiger partial charge in [0.2, 0.25) is 5.91 Å². The van der Waals surface area contributed by atoms with Crippen LogP contribution in [0.5, 0.6) is 5.75 Å². The van der Waals surface area contributed by atoms with E-state index in [0.717, 1.165) is 46.5 Å². The third kappa shape index (κ3) is 3.40. The fourth-order valence-electron chi connectivity index (χ4n) is 4.92. The summed E-state index contributed by atoms with van der Waals surface area (Å²) < 4.78 is 6.18. The van der Waals surface area contributed by atoms with E-state index in [0.29, 0.717) is 11.6 Å². The van der Waals surface area contributed by atoms with Crippen molar-refractivity contribution in [2.24, 2.45) is 0 Å². The van der Waals surface area contributed by atoms with Crippen LogP contribution in [0.4, 0.5) is 5.69 Å². The van der Waals surface area contributed by atoms with Gasteiger partial charge in [-0.15, -0.1) is 0 Å². The third-order valence-corrected chi connectivity index (χ3v) is 7.18. The SMILES string of the molecule is Cc1ccc(CN2C(=O)[C@@](C)(c3ccc4c(c3)CCC(C)(C)O4)c3cc(Cl)ccc32)cc1. The van der Waals surface area contributed by atoms with Crippen LogP contribution >= 0.6 is 11.6 Å². The molecule has 5 rings (SSSR count). The van der Waals surface area contributed by atoms with Crippen molar-refractivity contribution in [1.29, 1.82) is 0 Å². The van der Waals surface area contributed by atoms with E-state index in [1.54, 1.807) is 0 Å². The molecule has 0 radical (unpaired) electrons. The maximum absolute atomic E-state index is 14.0. The molecule has 1 atom stereocenters. The summed E-state index contributed by atoms with van der Waals surface area (Å²) in [5.74, 6) is 0.995. The molecule has 0 unspecified atom stereocenters. The molecule has 0 fully saturated rings. The molecule has 0 saturated heterocycles. The maximum atomic E-state index is 14.0. The molecule has 1 amide bonds. The molecule has 0 saturated carbocycles. The lowest BCUT2D eigenvalue weighted by molar-refractivity contribution is -0.121. The molecule has 0 aliphatic carbocycles. The van der Waals surface area contributed by atoms with E-state index in [-0.39, 0.29) is 11.5 Å². The second-order valence-electron chi connectivity index (χ2n) is 9.85. The number of carbonyl (C=O) groups is 1. The van der Waals surface area contributed by atoms with Gasteiger partial charge in [0.15, 0.2) is 0 Å². The van der Waals surface area contributed by atoms with Crippen LogP contribution in [0.15, 0.2) is 60.7 Å². The molecule has 2 heterocycles. The molecule has 0 N–H and O–H groups in total. The number of benzene rings is 3. The topological polar surface area (TPSA) is 29.5 Å². The minimum Gasteiger partial charge on any atom is -0.488 e. The summed E-state index contributed by atoms with van der Waals surface area (Å²) in [5, 5.41) is 0.642. The van der Waals surface area contributed by atoms with Crippen LogP contribution in [0.1, 0.15) is 55.0 Å². The molecule has 3 aromatic carbocycles. The zero-order valence-corrected chi connectivity index (χ0v) is 19.8. The van der Waals surface area contributed by atoms with Gasteiger partial charge < -0.3 is 9.64 Å². The zero-order valence-electron chi connectivity index (χ0n) is 19.0. The van der Waals surface area contributed by atoms with Crippen molar-refractivity contribution >= 4 is 23.2 Å². The van der Waals surface area contributed by atoms with Crippen LogP contribution in [0.3, 0.4) is 0 Å². The van der Waals surface area contributed by atoms with Gasteiger partial charge in [0.05, 0.1) is 12.0 Å². The monoisotopic (exact) mass is 445 g/mol. The standard InChI is InChI=1S/C28H28ClNO2/c1-18-5-7-19(8-6-18)17-30-24-11-10-22(29)16-23(24)28(4,26(30)31)21-9-12-25-20(15-21)13-14-27(2,3)32-25/h5-12,15-16H,13-14,17H2,1-4H3/t28-/m0/s1. The molecule has 4 heteroatoms. The highest BCUT2D eigenvalue weighted by atomic mass is 35.5. The van der Waals surface area contributed by atoms with Crippen LogP contribution < -0.4 is 9.64 Å². The van der Waals surface area contributed by atoms with Gasteiger partial charge in [0.1, 0.15) is 11.4 Å². The number of halogens is 1. The van der Waals surface area contributed by atoms with E-state index in [1.807, 2.05) is 42.2 Å². The van der Waals surface area contributed by atoms with Crippen LogP contribution in [-0.2, 0) is 23.2 Å². The molecule has 164 valence electrons. The summed E-state index contributed by atoms with van der Waals surface area (Å²) in [6.07, 6.45) is 1.89. The summed E-state index contributed by atoms with van der Waals surface area (Å²) in [5.41, 5.74) is 5.39. The highest BCUT2D eigenvalue weighted by Gasteiger charge is 2.49. The summed E-state index contributed by atoms with van der Waals surface area (Å²) in [6.45, 7) is 8.86. The highest BCUT2D eigenvalue weighted by Crippen LogP contribution is 2.48. The number of carbonyl (C=O) groups excluding carboxylic acids is 1. The first-order chi connectivity index (χ1) is 15.2. The molecule has 3 nitrogen and oxygen atoms in total. The normalized spacial score (nSPS) is 21.2. The third-order valence-electron chi connectivity index (χ3n) is 6.94. The Morgan fingerprint density at radius 3 is 2.50 bits per heavy atom. The van der Waals surface area contributed by atoms with Gasteiger partial charge in [-0.05, 0) is 87.1 Å². The van der Waals surface area contributed by atoms with E-state index < -0.39 is 5.41 Å². The van der Waals surface area contributed by atoms with Crippen molar-refractivity contribution in [3.8, 4) is 5.75 Å². The minimum atomic E-state index is -0.799. The van der Waals surface area contributed by atoms with E-state index in [4.69, 9.17) is 16.3 Å². The van der Waals surface area contributed by atoms with Crippen molar-refractivity contribution < 1.29 is 9.53 Å². The van der Waals surface area contributed by atoms with Gasteiger partial charge in [-0.25, -0.2) is 0 Å². The molecule has 2 aliphatic heterocycles. The Labute approximate surface area is 195 Å². The number of hydrogen-bond acceptors (Lipinski definition) is 2. The average Bonchev–Trinajstić information content (AvgIpc) is 2.96. The van der Waals surface area contributed by atoms with Gasteiger partial charge >= 0.3 is 0 Å². The van der Waals surface area contributed by atoms with Crippen molar-refractivity contribution in [3.63, 3.8) is 0 Å². The quantitative estimate of drug-likeness (QED) is 0.454. The highest BCUT2D eigenvalue weighted by molar-refractivity contribution is 6.31. The van der Waals surface area contributed by atoms with E-state index in [2.05, 4.69) is 51.1 Å². The second-order valence-corrected chi connectivity index (χ2v) is 10.3. The number of amides is 1. The minimum absolute atomic E-state index is 0.0762. The molecule has 0 aromatic heterocycles. The predicted molar refractivity (Wildman–Crippen MR) is 130 cm³/mol. The van der Waals surface area contributed by atoms with Crippen molar-refractivity contribution in [2.45, 2.75) is 58.1 Å². The predicted octanol–water partition coefficient (Wildman–Crippen LogP) is 6.60. The summed E-state index contributed by atoms with van der Waals surface area (Å²) in [6, 6.07) is 20.4. The summed E-state index contributed by atoms with van der Waals surface area (Å²) in [4.78, 5) is 15.9. The van der Waals surface area contributed by atoms with Gasteiger partial charge in [-0.1, -0.05) is 53.6 Å². The van der Waals surface area contributed by atoms with Gasteiger partial charge in [0, 0.05) is 10.7 Å². The van der Waals surface area contributed by atoms with Gasteiger partial charge in [0.25, 0.3) is 0 Å². The molecular weight excluding hydrogens is 418 g/mol. The zero-order chi connectivity index (χ0) is 22.7. The van der Waals surface area contributed by atoms with Crippen molar-refractivity contribution in [2.75, 3.05) is 4.90 Å². The number of nitrogens with zero attached hydrogens (tertiary/aromatic N) is 1. The van der Waals surface area contributed by atoms with E-state index in [1.165, 1.54) is 5.56 Å². The molecule has 0 bridgehead atoms. The first-order valence-corrected chi connectivity index (χ1v) is 11.6. The van der Waals surface area contributed by atoms with Gasteiger partial charge in [-0.3, -0.25) is 4.79 Å². The second kappa shape index (κ2) is 7.38. The fraction of sp³-hybridized carbons (Fsp3) is 0.321. The number of ether oxygens (including phenoxy) is 1. The molecular formula is C28H28ClNO2. The fourth-order valence-corrected chi connectivity index (χ4v) is 5.09. The maximum Gasteiger partial charge on any atom is 0.242 e. The van der Waals surface area contributed by atoms with Crippen LogP contribution in [0.25, 0.3) is 0 Å². The van der Waals surface area contributed by atoms with Crippen LogP contribution in [0.2, 0.25) is 5.02 Å². The lowest BCUT2D eigenvalue weighted by Crippen LogP contribution is -2.39. The lowest BCUT2D eigenvalue weighted by atomic mass is 9.76. The van der Waals surface area contributed by atoms with Crippen molar-refractivity contribution in [1.82, 2.24) is 0 Å². The molecule has 3 aromatic rings. The van der Waals surface area contributed by atoms with E-state index in [9.17, 15) is 4.79 Å². The lowest BCUT2D eigenvalue weighted by Gasteiger charge is -2.34.